The van der Waals surface area contributed by atoms with E-state index in [-0.39, 0.29) is 11.8 Å². The fourth-order valence-corrected chi connectivity index (χ4v) is 5.20. The van der Waals surface area contributed by atoms with Crippen LogP contribution < -0.4 is 20.7 Å². The van der Waals surface area contributed by atoms with Gasteiger partial charge >= 0.3 is 30.3 Å². The molecule has 47 heavy (non-hydrogen) atoms. The molecule has 2 aliphatic rings. The highest BCUT2D eigenvalue weighted by atomic mass is 19.4. The van der Waals surface area contributed by atoms with Crippen LogP contribution in [0.1, 0.15) is 29.7 Å². The van der Waals surface area contributed by atoms with E-state index in [1.54, 1.807) is 0 Å². The van der Waals surface area contributed by atoms with Gasteiger partial charge in [0.05, 0.1) is 10.9 Å². The smallest absolute Gasteiger partial charge is 0.489 e. The van der Waals surface area contributed by atoms with Gasteiger partial charge in [0.15, 0.2) is 0 Å². The second-order valence-corrected chi connectivity index (χ2v) is 10.5. The molecule has 0 bridgehead atoms. The summed E-state index contributed by atoms with van der Waals surface area (Å²) >= 11 is 0. The van der Waals surface area contributed by atoms with Crippen molar-refractivity contribution in [1.82, 2.24) is 20.9 Å². The summed E-state index contributed by atoms with van der Waals surface area (Å²) in [4.78, 5) is 47.3. The predicted octanol–water partition coefficient (Wildman–Crippen LogP) is 4.47. The minimum absolute atomic E-state index is 0.150. The Labute approximate surface area is 263 Å². The number of carbonyl (C=O) groups excluding carboxylic acids is 2. The molecule has 17 heteroatoms. The number of fused-ring (bicyclic) bond motifs is 1. The number of piperidine rings is 1. The number of carboxylic acids is 2. The molecule has 0 spiro atoms. The molecule has 11 nitrogen and oxygen atoms in total. The zero-order valence-corrected chi connectivity index (χ0v) is 24.7. The first-order valence-electron chi connectivity index (χ1n) is 13.9. The number of ether oxygens (including phenoxy) is 1. The van der Waals surface area contributed by atoms with E-state index in [1.807, 2.05) is 49.4 Å². The Morgan fingerprint density at radius 2 is 1.49 bits per heavy atom. The highest BCUT2D eigenvalue weighted by Gasteiger charge is 2.50. The van der Waals surface area contributed by atoms with Gasteiger partial charge in [-0.25, -0.2) is 14.4 Å². The molecule has 0 aliphatic carbocycles. The molecular formula is C30H30F6N4O7. The van der Waals surface area contributed by atoms with Gasteiger partial charge in [0, 0.05) is 23.2 Å². The normalized spacial score (nSPS) is 18.4. The molecular weight excluding hydrogens is 642 g/mol. The number of imide groups is 1. The second kappa shape index (κ2) is 15.1. The lowest BCUT2D eigenvalue weighted by Crippen LogP contribution is -2.64. The molecule has 3 amide bonds. The molecule has 2 aromatic carbocycles. The molecule has 2 fully saturated rings. The van der Waals surface area contributed by atoms with Crippen LogP contribution in [0.3, 0.4) is 0 Å². The van der Waals surface area contributed by atoms with Gasteiger partial charge in [-0.3, -0.25) is 15.1 Å². The first-order valence-corrected chi connectivity index (χ1v) is 13.9. The predicted molar refractivity (Wildman–Crippen MR) is 153 cm³/mol. The van der Waals surface area contributed by atoms with Gasteiger partial charge in [0.2, 0.25) is 5.91 Å². The van der Waals surface area contributed by atoms with Crippen molar-refractivity contribution in [1.29, 1.82) is 0 Å². The van der Waals surface area contributed by atoms with Gasteiger partial charge in [0.25, 0.3) is 0 Å². The third-order valence-corrected chi connectivity index (χ3v) is 7.37. The number of aliphatic carboxylic acids is 2. The van der Waals surface area contributed by atoms with E-state index in [0.717, 1.165) is 59.4 Å². The van der Waals surface area contributed by atoms with Crippen LogP contribution in [-0.4, -0.2) is 71.1 Å². The van der Waals surface area contributed by atoms with Crippen molar-refractivity contribution < 1.29 is 60.5 Å². The quantitative estimate of drug-likeness (QED) is 0.246. The molecule has 5 N–H and O–H groups in total. The number of aromatic nitrogens is 1. The fraction of sp³-hybridized carbons (Fsp3) is 0.367. The number of nitrogens with one attached hydrogen (secondary N) is 3. The van der Waals surface area contributed by atoms with Crippen molar-refractivity contribution in [3.05, 3.63) is 71.4 Å². The number of carboxylic acid groups (broad SMARTS) is 2. The highest BCUT2D eigenvalue weighted by molar-refractivity contribution is 6.03. The van der Waals surface area contributed by atoms with Crippen LogP contribution in [0.15, 0.2) is 54.6 Å². The number of pyridine rings is 1. The third kappa shape index (κ3) is 9.54. The van der Waals surface area contributed by atoms with Crippen molar-refractivity contribution in [2.24, 2.45) is 5.92 Å². The van der Waals surface area contributed by atoms with Crippen molar-refractivity contribution in [2.75, 3.05) is 19.6 Å². The summed E-state index contributed by atoms with van der Waals surface area (Å²) < 4.78 is 69.6. The Hall–Kier alpha value is -4.93. The molecule has 3 heterocycles. The number of hydrogen-bond donors (Lipinski definition) is 5. The summed E-state index contributed by atoms with van der Waals surface area (Å²) in [7, 11) is 0. The Morgan fingerprint density at radius 1 is 0.936 bits per heavy atom. The number of urea groups is 1. The van der Waals surface area contributed by atoms with Crippen LogP contribution in [-0.2, 0) is 26.4 Å². The number of carbonyl (C=O) groups is 4. The number of halogens is 6. The molecule has 254 valence electrons. The molecule has 5 rings (SSSR count). The Balaban J connectivity index is 0.000000360. The van der Waals surface area contributed by atoms with Crippen molar-refractivity contribution in [2.45, 2.75) is 44.1 Å². The van der Waals surface area contributed by atoms with Gasteiger partial charge in [0.1, 0.15) is 12.4 Å². The standard InChI is InChI=1S/C26H28N4O3.2C2HF3O2/c1-17-14-18(22-4-2-3-5-23(22)29-17)15-33-21-8-6-19(7-9-21)26(20-10-12-27-13-11-20)16-28-25(32)30-24(26)31;2*3-2(4,5)1(6)7/h2-9,14,20,27H,10-13,15-16H2,1H3,(H2,28,30,31,32);2*(H,6,7). The monoisotopic (exact) mass is 672 g/mol. The molecule has 2 aliphatic heterocycles. The molecule has 1 unspecified atom stereocenters. The van der Waals surface area contributed by atoms with E-state index < -0.39 is 35.7 Å². The summed E-state index contributed by atoms with van der Waals surface area (Å²) in [5.41, 5.74) is 3.14. The lowest BCUT2D eigenvalue weighted by Gasteiger charge is -2.44. The van der Waals surface area contributed by atoms with E-state index >= 15 is 0 Å². The van der Waals surface area contributed by atoms with Crippen LogP contribution in [0.2, 0.25) is 0 Å². The zero-order chi connectivity index (χ0) is 35.0. The van der Waals surface area contributed by atoms with Crippen LogP contribution >= 0.6 is 0 Å². The molecule has 2 saturated heterocycles. The maximum Gasteiger partial charge on any atom is 0.490 e. The van der Waals surface area contributed by atoms with Gasteiger partial charge < -0.3 is 25.6 Å². The van der Waals surface area contributed by atoms with E-state index in [2.05, 4.69) is 33.1 Å². The van der Waals surface area contributed by atoms with Crippen LogP contribution in [0.5, 0.6) is 5.75 Å². The number of nitrogens with zero attached hydrogens (tertiary/aromatic N) is 1. The van der Waals surface area contributed by atoms with Gasteiger partial charge in [-0.1, -0.05) is 30.3 Å². The van der Waals surface area contributed by atoms with Crippen LogP contribution in [0.4, 0.5) is 31.1 Å². The summed E-state index contributed by atoms with van der Waals surface area (Å²) in [5.74, 6) is -4.85. The molecule has 3 aromatic rings. The minimum Gasteiger partial charge on any atom is -0.489 e. The van der Waals surface area contributed by atoms with Crippen molar-refractivity contribution in [3.8, 4) is 5.75 Å². The number of aryl methyl sites for hydroxylation is 1. The van der Waals surface area contributed by atoms with Crippen LogP contribution in [0.25, 0.3) is 10.9 Å². The second-order valence-electron chi connectivity index (χ2n) is 10.5. The number of alkyl halides is 6. The summed E-state index contributed by atoms with van der Waals surface area (Å²) in [6.07, 6.45) is -8.40. The Bertz CT molecular complexity index is 1570. The topological polar surface area (TPSA) is 167 Å². The maximum absolute atomic E-state index is 13.1. The minimum atomic E-state index is -5.08. The lowest BCUT2D eigenvalue weighted by atomic mass is 9.65. The number of para-hydroxylation sites is 1. The highest BCUT2D eigenvalue weighted by Crippen LogP contribution is 2.39. The maximum atomic E-state index is 13.1. The van der Waals surface area contributed by atoms with E-state index in [0.29, 0.717) is 13.2 Å². The van der Waals surface area contributed by atoms with Gasteiger partial charge in [-0.05, 0) is 68.6 Å². The van der Waals surface area contributed by atoms with Crippen LogP contribution in [0, 0.1) is 12.8 Å². The fourth-order valence-electron chi connectivity index (χ4n) is 5.20. The van der Waals surface area contributed by atoms with Gasteiger partial charge in [-0.15, -0.1) is 0 Å². The first kappa shape index (κ1) is 36.5. The Kier molecular flexibility index (Phi) is 11.7. The van der Waals surface area contributed by atoms with E-state index in [1.165, 1.54) is 0 Å². The molecule has 0 radical (unpaired) electrons. The Morgan fingerprint density at radius 3 is 2.02 bits per heavy atom. The van der Waals surface area contributed by atoms with Crippen molar-refractivity contribution in [3.63, 3.8) is 0 Å². The number of benzene rings is 2. The number of amides is 3. The largest absolute Gasteiger partial charge is 0.490 e. The number of hydrogen-bond acceptors (Lipinski definition) is 7. The SMILES string of the molecule is Cc1cc(COc2ccc(C3(C4CCNCC4)CNC(=O)NC3=O)cc2)c2ccccc2n1.O=C(O)C(F)(F)F.O=C(O)C(F)(F)F. The molecule has 1 aromatic heterocycles. The summed E-state index contributed by atoms with van der Waals surface area (Å²) in [6.45, 7) is 4.46. The molecule has 0 saturated carbocycles. The summed E-state index contributed by atoms with van der Waals surface area (Å²) in [6, 6.07) is 17.4. The number of rotatable bonds is 5. The summed E-state index contributed by atoms with van der Waals surface area (Å²) in [5, 5.41) is 24.1. The van der Waals surface area contributed by atoms with E-state index in [9.17, 15) is 35.9 Å². The average molecular weight is 673 g/mol. The van der Waals surface area contributed by atoms with E-state index in [4.69, 9.17) is 24.5 Å². The average Bonchev–Trinajstić information content (AvgIpc) is 3.00. The van der Waals surface area contributed by atoms with Crippen molar-refractivity contribution >= 4 is 34.8 Å². The first-order chi connectivity index (χ1) is 21.9. The lowest BCUT2D eigenvalue weighted by molar-refractivity contribution is -0.193. The molecule has 1 atom stereocenters. The zero-order valence-electron chi connectivity index (χ0n) is 24.7. The van der Waals surface area contributed by atoms with Gasteiger partial charge in [-0.2, -0.15) is 26.3 Å². The third-order valence-electron chi connectivity index (χ3n) is 7.37.